The zero-order valence-electron chi connectivity index (χ0n) is 14.9. The molecule has 1 saturated carbocycles. The highest BCUT2D eigenvalue weighted by molar-refractivity contribution is 7.92. The van der Waals surface area contributed by atoms with Crippen molar-refractivity contribution in [1.82, 2.24) is 4.98 Å². The molecule has 27 heavy (non-hydrogen) atoms. The summed E-state index contributed by atoms with van der Waals surface area (Å²) < 4.78 is 30.6. The quantitative estimate of drug-likeness (QED) is 0.854. The van der Waals surface area contributed by atoms with Crippen molar-refractivity contribution in [2.75, 3.05) is 18.5 Å². The van der Waals surface area contributed by atoms with Crippen molar-refractivity contribution in [1.29, 1.82) is 0 Å². The molecule has 142 valence electrons. The number of rotatable bonds is 5. The van der Waals surface area contributed by atoms with E-state index in [1.165, 1.54) is 0 Å². The van der Waals surface area contributed by atoms with E-state index in [0.717, 1.165) is 12.0 Å². The lowest BCUT2D eigenvalue weighted by Gasteiger charge is -2.22. The van der Waals surface area contributed by atoms with E-state index in [4.69, 9.17) is 4.74 Å². The number of ether oxygens (including phenoxy) is 1. The van der Waals surface area contributed by atoms with E-state index in [0.29, 0.717) is 36.6 Å². The van der Waals surface area contributed by atoms with Crippen molar-refractivity contribution in [2.24, 2.45) is 5.92 Å². The Balaban J connectivity index is 1.39. The van der Waals surface area contributed by atoms with Gasteiger partial charge in [-0.25, -0.2) is 8.42 Å². The molecule has 1 amide bonds. The van der Waals surface area contributed by atoms with E-state index >= 15 is 0 Å². The number of pyridine rings is 1. The van der Waals surface area contributed by atoms with Crippen LogP contribution in [0.2, 0.25) is 0 Å². The number of hydrogen-bond donors (Lipinski definition) is 1. The fourth-order valence-electron chi connectivity index (χ4n) is 3.59. The van der Waals surface area contributed by atoms with E-state index in [-0.39, 0.29) is 17.7 Å². The minimum absolute atomic E-state index is 0.0381. The first-order chi connectivity index (χ1) is 13.1. The number of nitrogens with zero attached hydrogens (tertiary/aromatic N) is 1. The van der Waals surface area contributed by atoms with E-state index in [1.54, 1.807) is 36.7 Å². The van der Waals surface area contributed by atoms with Crippen LogP contribution in [-0.4, -0.2) is 37.8 Å². The van der Waals surface area contributed by atoms with E-state index in [9.17, 15) is 13.2 Å². The van der Waals surface area contributed by atoms with Crippen molar-refractivity contribution < 1.29 is 17.9 Å². The van der Waals surface area contributed by atoms with Gasteiger partial charge in [0.15, 0.2) is 9.84 Å². The number of hydrogen-bond acceptors (Lipinski definition) is 5. The van der Waals surface area contributed by atoms with Crippen LogP contribution >= 0.6 is 0 Å². The molecule has 2 fully saturated rings. The Morgan fingerprint density at radius 3 is 2.52 bits per heavy atom. The highest BCUT2D eigenvalue weighted by Gasteiger charge is 2.44. The molecule has 0 bridgehead atoms. The summed E-state index contributed by atoms with van der Waals surface area (Å²) in [5.74, 6) is 0.121. The van der Waals surface area contributed by atoms with Gasteiger partial charge in [-0.1, -0.05) is 6.07 Å². The highest BCUT2D eigenvalue weighted by Crippen LogP contribution is 2.47. The van der Waals surface area contributed by atoms with Gasteiger partial charge in [-0.2, -0.15) is 0 Å². The number of sulfone groups is 1. The van der Waals surface area contributed by atoms with Crippen LogP contribution in [-0.2, 0) is 19.4 Å². The number of nitrogens with one attached hydrogen (secondary N) is 1. The summed E-state index contributed by atoms with van der Waals surface area (Å²) in [6.07, 6.45) is 5.38. The molecule has 1 aliphatic carbocycles. The molecule has 2 aromatic rings. The van der Waals surface area contributed by atoms with Crippen molar-refractivity contribution >= 4 is 21.4 Å². The zero-order valence-corrected chi connectivity index (χ0v) is 15.7. The Hall–Kier alpha value is -2.25. The van der Waals surface area contributed by atoms with Gasteiger partial charge in [0.25, 0.3) is 0 Å². The molecule has 2 aliphatic rings. The monoisotopic (exact) mass is 386 g/mol. The molecule has 7 heteroatoms. The molecule has 1 saturated heterocycles. The lowest BCUT2D eigenvalue weighted by molar-refractivity contribution is -0.117. The second kappa shape index (κ2) is 7.40. The van der Waals surface area contributed by atoms with Crippen molar-refractivity contribution in [3.05, 3.63) is 54.4 Å². The Kier molecular flexibility index (Phi) is 4.97. The summed E-state index contributed by atoms with van der Waals surface area (Å²) in [5, 5.41) is 2.50. The average molecular weight is 386 g/mol. The van der Waals surface area contributed by atoms with Crippen LogP contribution < -0.4 is 5.32 Å². The molecule has 1 aromatic heterocycles. The van der Waals surface area contributed by atoms with Crippen LogP contribution in [0.4, 0.5) is 5.69 Å². The summed E-state index contributed by atoms with van der Waals surface area (Å²) in [6.45, 7) is 0.967. The maximum atomic E-state index is 12.7. The fraction of sp³-hybridized carbons (Fsp3) is 0.400. The first-order valence-electron chi connectivity index (χ1n) is 9.18. The van der Waals surface area contributed by atoms with Gasteiger partial charge in [-0.05, 0) is 61.1 Å². The Labute approximate surface area is 158 Å². The summed E-state index contributed by atoms with van der Waals surface area (Å²) in [5.41, 5.74) is 1.69. The van der Waals surface area contributed by atoms with Gasteiger partial charge in [0.05, 0.1) is 10.1 Å². The minimum atomic E-state index is -3.36. The second-order valence-electron chi connectivity index (χ2n) is 7.11. The van der Waals surface area contributed by atoms with Crippen molar-refractivity contribution in [3.8, 4) is 0 Å². The summed E-state index contributed by atoms with van der Waals surface area (Å²) >= 11 is 0. The van der Waals surface area contributed by atoms with Gasteiger partial charge in [0, 0.05) is 37.2 Å². The van der Waals surface area contributed by atoms with Gasteiger partial charge < -0.3 is 10.1 Å². The summed E-state index contributed by atoms with van der Waals surface area (Å²) in [4.78, 5) is 16.8. The first kappa shape index (κ1) is 18.1. The third-order valence-corrected chi connectivity index (χ3v) is 7.58. The molecule has 1 N–H and O–H groups in total. The van der Waals surface area contributed by atoms with E-state index in [1.807, 2.05) is 12.1 Å². The topological polar surface area (TPSA) is 85.4 Å². The molecule has 6 nitrogen and oxygen atoms in total. The van der Waals surface area contributed by atoms with Gasteiger partial charge >= 0.3 is 0 Å². The predicted octanol–water partition coefficient (Wildman–Crippen LogP) is 2.78. The zero-order chi connectivity index (χ0) is 18.9. The molecule has 2 unspecified atom stereocenters. The van der Waals surface area contributed by atoms with Crippen LogP contribution in [0.5, 0.6) is 0 Å². The normalized spacial score (nSPS) is 23.0. The molecule has 2 atom stereocenters. The van der Waals surface area contributed by atoms with Gasteiger partial charge in [0.2, 0.25) is 5.91 Å². The van der Waals surface area contributed by atoms with Crippen LogP contribution in [0, 0.1) is 5.92 Å². The number of benzene rings is 1. The largest absolute Gasteiger partial charge is 0.381 e. The van der Waals surface area contributed by atoms with Crippen LogP contribution in [0.1, 0.15) is 30.7 Å². The lowest BCUT2D eigenvalue weighted by atomic mass is 10.1. The highest BCUT2D eigenvalue weighted by atomic mass is 32.2. The number of amides is 1. The van der Waals surface area contributed by atoms with Gasteiger partial charge in [-0.15, -0.1) is 0 Å². The number of aromatic nitrogens is 1. The second-order valence-corrected chi connectivity index (χ2v) is 9.33. The van der Waals surface area contributed by atoms with Crippen LogP contribution in [0.15, 0.2) is 53.7 Å². The summed E-state index contributed by atoms with van der Waals surface area (Å²) in [7, 11) is -3.36. The number of carbonyl (C=O) groups is 1. The number of carbonyl (C=O) groups excluding carboxylic acids is 1. The third-order valence-electron chi connectivity index (χ3n) is 5.30. The number of anilines is 1. The van der Waals surface area contributed by atoms with Crippen molar-refractivity contribution in [3.63, 3.8) is 0 Å². The first-order valence-corrected chi connectivity index (χ1v) is 10.7. The maximum absolute atomic E-state index is 12.7. The molecular formula is C20H22N2O4S. The standard InChI is InChI=1S/C20H22N2O4S/c23-20(19-12-18(19)14-2-1-9-21-13-14)22-15-3-5-16(6-4-15)27(24,25)17-7-10-26-11-8-17/h1-6,9,13,17-19H,7-8,10-12H2,(H,22,23). The Bertz CT molecular complexity index is 907. The van der Waals surface area contributed by atoms with Gasteiger partial charge in [-0.3, -0.25) is 9.78 Å². The van der Waals surface area contributed by atoms with E-state index < -0.39 is 15.1 Å². The van der Waals surface area contributed by atoms with Gasteiger partial charge in [0.1, 0.15) is 0 Å². The molecule has 2 heterocycles. The molecule has 1 aromatic carbocycles. The Morgan fingerprint density at radius 1 is 1.11 bits per heavy atom. The Morgan fingerprint density at radius 2 is 1.85 bits per heavy atom. The average Bonchev–Trinajstić information content (AvgIpc) is 3.51. The molecule has 0 radical (unpaired) electrons. The smallest absolute Gasteiger partial charge is 0.228 e. The predicted molar refractivity (Wildman–Crippen MR) is 101 cm³/mol. The molecule has 0 spiro atoms. The maximum Gasteiger partial charge on any atom is 0.228 e. The third kappa shape index (κ3) is 3.89. The van der Waals surface area contributed by atoms with E-state index in [2.05, 4.69) is 10.3 Å². The molecule has 4 rings (SSSR count). The SMILES string of the molecule is O=C(Nc1ccc(S(=O)(=O)C2CCOCC2)cc1)C1CC1c1cccnc1. The minimum Gasteiger partial charge on any atom is -0.381 e. The fourth-order valence-corrected chi connectivity index (χ4v) is 5.30. The molecule has 1 aliphatic heterocycles. The molecular weight excluding hydrogens is 364 g/mol. The van der Waals surface area contributed by atoms with Crippen LogP contribution in [0.3, 0.4) is 0 Å². The summed E-state index contributed by atoms with van der Waals surface area (Å²) in [6, 6.07) is 10.3. The lowest BCUT2D eigenvalue weighted by Crippen LogP contribution is -2.28. The van der Waals surface area contributed by atoms with Crippen LogP contribution in [0.25, 0.3) is 0 Å². The van der Waals surface area contributed by atoms with Crippen molar-refractivity contribution in [2.45, 2.75) is 35.3 Å².